The Hall–Kier alpha value is -0.490. The Balaban J connectivity index is 1.72. The molecule has 0 radical (unpaired) electrons. The molecule has 4 aliphatic rings. The zero-order chi connectivity index (χ0) is 15.8. The van der Waals surface area contributed by atoms with Gasteiger partial charge in [-0.25, -0.2) is 0 Å². The van der Waals surface area contributed by atoms with Crippen LogP contribution in [0.3, 0.4) is 0 Å². The van der Waals surface area contributed by atoms with Crippen LogP contribution in [-0.2, 0) is 23.7 Å². The predicted molar refractivity (Wildman–Crippen MR) is 78.1 cm³/mol. The number of rotatable bonds is 0. The molecule has 2 heterocycles. The van der Waals surface area contributed by atoms with Gasteiger partial charge in [-0.15, -0.1) is 0 Å². The Morgan fingerprint density at radius 3 is 2.41 bits per heavy atom. The first-order chi connectivity index (χ1) is 10.2. The van der Waals surface area contributed by atoms with E-state index in [9.17, 15) is 4.79 Å². The van der Waals surface area contributed by atoms with Crippen LogP contribution in [0.4, 0.5) is 0 Å². The van der Waals surface area contributed by atoms with Gasteiger partial charge in [-0.2, -0.15) is 0 Å². The van der Waals surface area contributed by atoms with Crippen molar-refractivity contribution in [2.45, 2.75) is 76.7 Å². The average Bonchev–Trinajstić information content (AvgIpc) is 2.90. The van der Waals surface area contributed by atoms with Crippen LogP contribution in [0.2, 0.25) is 0 Å². The van der Waals surface area contributed by atoms with Crippen LogP contribution in [-0.4, -0.2) is 42.3 Å². The summed E-state index contributed by atoms with van der Waals surface area (Å²) in [4.78, 5) is 12.3. The summed E-state index contributed by atoms with van der Waals surface area (Å²) in [6, 6.07) is 0. The molecule has 5 nitrogen and oxygen atoms in total. The highest BCUT2D eigenvalue weighted by Crippen LogP contribution is 2.62. The van der Waals surface area contributed by atoms with E-state index in [0.717, 1.165) is 12.8 Å². The molecule has 5 heteroatoms. The highest BCUT2D eigenvalue weighted by atomic mass is 16.8. The Morgan fingerprint density at radius 2 is 1.73 bits per heavy atom. The van der Waals surface area contributed by atoms with Gasteiger partial charge < -0.3 is 18.9 Å². The molecule has 1 spiro atoms. The summed E-state index contributed by atoms with van der Waals surface area (Å²) in [6.07, 6.45) is 2.61. The molecule has 22 heavy (non-hydrogen) atoms. The van der Waals surface area contributed by atoms with Crippen LogP contribution in [0.5, 0.6) is 0 Å². The summed E-state index contributed by atoms with van der Waals surface area (Å²) < 4.78 is 24.4. The van der Waals surface area contributed by atoms with Crippen molar-refractivity contribution in [1.29, 1.82) is 0 Å². The molecule has 2 aliphatic heterocycles. The van der Waals surface area contributed by atoms with E-state index < -0.39 is 11.6 Å². The van der Waals surface area contributed by atoms with Crippen molar-refractivity contribution in [3.63, 3.8) is 0 Å². The molecule has 2 saturated heterocycles. The highest BCUT2D eigenvalue weighted by Gasteiger charge is 2.68. The van der Waals surface area contributed by atoms with Crippen molar-refractivity contribution in [2.24, 2.45) is 11.3 Å². The second-order valence-electron chi connectivity index (χ2n) is 8.31. The van der Waals surface area contributed by atoms with Crippen molar-refractivity contribution in [1.82, 2.24) is 0 Å². The summed E-state index contributed by atoms with van der Waals surface area (Å²) >= 11 is 0. The van der Waals surface area contributed by atoms with Crippen molar-refractivity contribution < 1.29 is 23.7 Å². The second-order valence-corrected chi connectivity index (χ2v) is 8.31. The molecule has 0 bridgehead atoms. The molecule has 4 fully saturated rings. The largest absolute Gasteiger partial charge is 0.346 e. The standard InChI is InChI=1S/C17H26O5/c1-14(2)21-13-10-15(3)11(8-16(13,4)22-14)7-12(18)9-17(15)19-5-6-20-17/h11,13H,5-10H2,1-4H3/t11-,13+,15+,16-/m1/s1. The molecule has 4 atom stereocenters. The van der Waals surface area contributed by atoms with Crippen LogP contribution in [0.25, 0.3) is 0 Å². The first-order valence-corrected chi connectivity index (χ1v) is 8.36. The fourth-order valence-corrected chi connectivity index (χ4v) is 5.27. The van der Waals surface area contributed by atoms with E-state index in [1.54, 1.807) is 0 Å². The van der Waals surface area contributed by atoms with Crippen LogP contribution >= 0.6 is 0 Å². The molecule has 0 N–H and O–H groups in total. The van der Waals surface area contributed by atoms with Crippen LogP contribution in [0.15, 0.2) is 0 Å². The van der Waals surface area contributed by atoms with E-state index in [1.165, 1.54) is 0 Å². The van der Waals surface area contributed by atoms with Crippen molar-refractivity contribution >= 4 is 5.78 Å². The lowest BCUT2D eigenvalue weighted by atomic mass is 9.53. The first-order valence-electron chi connectivity index (χ1n) is 8.36. The number of carbonyl (C=O) groups is 1. The van der Waals surface area contributed by atoms with Gasteiger partial charge in [0.2, 0.25) is 0 Å². The van der Waals surface area contributed by atoms with E-state index in [2.05, 4.69) is 13.8 Å². The maximum absolute atomic E-state index is 12.3. The van der Waals surface area contributed by atoms with Gasteiger partial charge in [-0.3, -0.25) is 4.79 Å². The number of ketones is 1. The van der Waals surface area contributed by atoms with Crippen molar-refractivity contribution in [3.8, 4) is 0 Å². The van der Waals surface area contributed by atoms with Crippen LogP contribution in [0.1, 0.15) is 53.4 Å². The summed E-state index contributed by atoms with van der Waals surface area (Å²) in [6.45, 7) is 9.40. The van der Waals surface area contributed by atoms with Gasteiger partial charge in [0.1, 0.15) is 5.78 Å². The van der Waals surface area contributed by atoms with Gasteiger partial charge >= 0.3 is 0 Å². The van der Waals surface area contributed by atoms with Crippen molar-refractivity contribution in [3.05, 3.63) is 0 Å². The Bertz CT molecular complexity index is 509. The topological polar surface area (TPSA) is 54.0 Å². The Kier molecular flexibility index (Phi) is 2.96. The minimum Gasteiger partial charge on any atom is -0.346 e. The lowest BCUT2D eigenvalue weighted by Crippen LogP contribution is -2.63. The zero-order valence-corrected chi connectivity index (χ0v) is 13.9. The predicted octanol–water partition coefficient (Wildman–Crippen LogP) is 2.42. The molecule has 0 aromatic rings. The summed E-state index contributed by atoms with van der Waals surface area (Å²) in [5.74, 6) is -0.877. The minimum atomic E-state index is -0.760. The number of Topliss-reactive ketones (excluding diaryl/α,β-unsaturated/α-hetero) is 1. The molecule has 0 unspecified atom stereocenters. The fraction of sp³-hybridized carbons (Fsp3) is 0.941. The molecule has 124 valence electrons. The molecule has 0 aromatic carbocycles. The fourth-order valence-electron chi connectivity index (χ4n) is 5.27. The third-order valence-corrected chi connectivity index (χ3v) is 6.28. The SMILES string of the molecule is CC1(C)O[C@H]2C[C@@]3(C)[C@H](CC(=O)CC34OCCO4)C[C@@]2(C)O1. The van der Waals surface area contributed by atoms with Gasteiger partial charge in [-0.1, -0.05) is 6.92 Å². The van der Waals surface area contributed by atoms with E-state index in [4.69, 9.17) is 18.9 Å². The van der Waals surface area contributed by atoms with E-state index in [1.807, 2.05) is 13.8 Å². The lowest BCUT2D eigenvalue weighted by molar-refractivity contribution is -0.282. The van der Waals surface area contributed by atoms with Gasteiger partial charge in [-0.05, 0) is 39.5 Å². The molecule has 4 rings (SSSR count). The monoisotopic (exact) mass is 310 g/mol. The summed E-state index contributed by atoms with van der Waals surface area (Å²) in [5, 5.41) is 0. The highest BCUT2D eigenvalue weighted by molar-refractivity contribution is 5.81. The Labute approximate surface area is 131 Å². The first kappa shape index (κ1) is 15.1. The number of hydrogen-bond donors (Lipinski definition) is 0. The smallest absolute Gasteiger partial charge is 0.181 e. The number of hydrogen-bond acceptors (Lipinski definition) is 5. The third-order valence-electron chi connectivity index (χ3n) is 6.28. The zero-order valence-electron chi connectivity index (χ0n) is 13.9. The van der Waals surface area contributed by atoms with E-state index in [-0.39, 0.29) is 28.8 Å². The maximum Gasteiger partial charge on any atom is 0.181 e. The van der Waals surface area contributed by atoms with E-state index >= 15 is 0 Å². The summed E-state index contributed by atoms with van der Waals surface area (Å²) in [7, 11) is 0. The number of ether oxygens (including phenoxy) is 4. The van der Waals surface area contributed by atoms with Gasteiger partial charge in [0.05, 0.1) is 31.3 Å². The molecular formula is C17H26O5. The molecule has 0 amide bonds. The van der Waals surface area contributed by atoms with Gasteiger partial charge in [0.25, 0.3) is 0 Å². The second kappa shape index (κ2) is 4.32. The normalized spacial score (nSPS) is 49.2. The molecular weight excluding hydrogens is 284 g/mol. The van der Waals surface area contributed by atoms with Crippen molar-refractivity contribution in [2.75, 3.05) is 13.2 Å². The van der Waals surface area contributed by atoms with E-state index in [0.29, 0.717) is 26.1 Å². The van der Waals surface area contributed by atoms with Crippen LogP contribution in [0, 0.1) is 11.3 Å². The lowest BCUT2D eigenvalue weighted by Gasteiger charge is -2.57. The molecule has 2 aliphatic carbocycles. The number of fused-ring (bicyclic) bond motifs is 3. The van der Waals surface area contributed by atoms with Gasteiger partial charge in [0, 0.05) is 11.8 Å². The molecule has 2 saturated carbocycles. The third kappa shape index (κ3) is 1.89. The van der Waals surface area contributed by atoms with Crippen LogP contribution < -0.4 is 0 Å². The number of carbonyl (C=O) groups excluding carboxylic acids is 1. The quantitative estimate of drug-likeness (QED) is 0.688. The maximum atomic E-state index is 12.3. The minimum absolute atomic E-state index is 0.0154. The summed E-state index contributed by atoms with van der Waals surface area (Å²) in [5.41, 5.74) is -0.531. The molecule has 0 aromatic heterocycles. The average molecular weight is 310 g/mol. The van der Waals surface area contributed by atoms with Gasteiger partial charge in [0.15, 0.2) is 11.6 Å². The Morgan fingerprint density at radius 1 is 1.05 bits per heavy atom.